The van der Waals surface area contributed by atoms with Crippen LogP contribution < -0.4 is 15.4 Å². The van der Waals surface area contributed by atoms with Crippen molar-refractivity contribution in [3.05, 3.63) is 124 Å². The molecule has 56 heavy (non-hydrogen) atoms. The molecule has 5 rings (SSSR count). The monoisotopic (exact) mass is 767 g/mol. The van der Waals surface area contributed by atoms with Gasteiger partial charge in [0.15, 0.2) is 0 Å². The summed E-state index contributed by atoms with van der Waals surface area (Å²) in [7, 11) is 1.58. The Kier molecular flexibility index (Phi) is 15.5. The van der Waals surface area contributed by atoms with Crippen LogP contribution in [-0.2, 0) is 39.9 Å². The molecule has 0 heterocycles. The van der Waals surface area contributed by atoms with Gasteiger partial charge in [0, 0.05) is 49.7 Å². The largest absolute Gasteiger partial charge is 0.514 e. The van der Waals surface area contributed by atoms with E-state index in [2.05, 4.69) is 22.8 Å². The molecule has 2 N–H and O–H groups in total. The minimum absolute atomic E-state index is 0.0931. The van der Waals surface area contributed by atoms with Crippen LogP contribution >= 0.6 is 0 Å². The summed E-state index contributed by atoms with van der Waals surface area (Å²) < 4.78 is 26.3. The lowest BCUT2D eigenvalue weighted by atomic mass is 9.96. The van der Waals surface area contributed by atoms with Crippen LogP contribution in [0.1, 0.15) is 54.7 Å². The van der Waals surface area contributed by atoms with Crippen LogP contribution in [0, 0.1) is 16.0 Å². The first-order valence-electron chi connectivity index (χ1n) is 18.4. The number of unbranched alkanes of at least 4 members (excludes halogenated alkanes) is 1. The summed E-state index contributed by atoms with van der Waals surface area (Å²) in [5, 5.41) is 16.6. The third-order valence-electron chi connectivity index (χ3n) is 9.19. The summed E-state index contributed by atoms with van der Waals surface area (Å²) in [6.07, 6.45) is 0.676. The lowest BCUT2D eigenvalue weighted by molar-refractivity contribution is -0.384. The average Bonchev–Trinajstić information content (AvgIpc) is 3.52. The maximum absolute atomic E-state index is 13.6. The quantitative estimate of drug-likeness (QED) is 0.0294. The van der Waals surface area contributed by atoms with Crippen LogP contribution in [0.4, 0.5) is 16.2 Å². The number of carbonyl (C=O) groups excluding carboxylic acids is 4. The molecule has 294 valence electrons. The highest BCUT2D eigenvalue weighted by molar-refractivity contribution is 5.94. The van der Waals surface area contributed by atoms with Crippen molar-refractivity contribution in [1.82, 2.24) is 5.32 Å². The molecule has 14 heteroatoms. The molecular weight excluding hydrogens is 722 g/mol. The normalized spacial score (nSPS) is 12.2. The number of ether oxygens (including phenoxy) is 5. The van der Waals surface area contributed by atoms with Gasteiger partial charge < -0.3 is 34.3 Å². The highest BCUT2D eigenvalue weighted by atomic mass is 16.7. The maximum Gasteiger partial charge on any atom is 0.514 e. The van der Waals surface area contributed by atoms with Gasteiger partial charge in [-0.1, -0.05) is 67.1 Å². The van der Waals surface area contributed by atoms with Crippen molar-refractivity contribution in [3.8, 4) is 16.9 Å². The van der Waals surface area contributed by atoms with Gasteiger partial charge in [0.2, 0.25) is 11.8 Å². The molecule has 14 nitrogen and oxygen atoms in total. The Morgan fingerprint density at radius 3 is 2.14 bits per heavy atom. The van der Waals surface area contributed by atoms with Crippen LogP contribution in [0.25, 0.3) is 11.1 Å². The van der Waals surface area contributed by atoms with E-state index in [0.29, 0.717) is 56.9 Å². The number of hydrogen-bond donors (Lipinski definition) is 2. The highest BCUT2D eigenvalue weighted by Crippen LogP contribution is 2.44. The van der Waals surface area contributed by atoms with Gasteiger partial charge in [-0.2, -0.15) is 0 Å². The summed E-state index contributed by atoms with van der Waals surface area (Å²) in [6, 6.07) is 27.8. The van der Waals surface area contributed by atoms with Crippen molar-refractivity contribution in [2.24, 2.45) is 5.92 Å². The van der Waals surface area contributed by atoms with E-state index >= 15 is 0 Å². The molecule has 0 unspecified atom stereocenters. The molecule has 0 fully saturated rings. The number of non-ortho nitro benzene ring substituents is 1. The van der Waals surface area contributed by atoms with Gasteiger partial charge in [-0.25, -0.2) is 4.79 Å². The van der Waals surface area contributed by atoms with Gasteiger partial charge in [-0.3, -0.25) is 24.5 Å². The Balaban J connectivity index is 1.13. The van der Waals surface area contributed by atoms with Crippen LogP contribution in [0.2, 0.25) is 0 Å². The molecule has 0 saturated carbocycles. The van der Waals surface area contributed by atoms with Gasteiger partial charge in [-0.05, 0) is 64.9 Å². The molecule has 0 bridgehead atoms. The zero-order valence-corrected chi connectivity index (χ0v) is 31.1. The molecule has 0 radical (unpaired) electrons. The first-order valence-corrected chi connectivity index (χ1v) is 18.4. The van der Waals surface area contributed by atoms with Crippen molar-refractivity contribution in [2.45, 2.75) is 44.6 Å². The molecular formula is C42H45N3O11. The summed E-state index contributed by atoms with van der Waals surface area (Å²) in [6.45, 7) is 1.61. The lowest BCUT2D eigenvalue weighted by Crippen LogP contribution is -2.28. The van der Waals surface area contributed by atoms with Crippen molar-refractivity contribution in [3.63, 3.8) is 0 Å². The van der Waals surface area contributed by atoms with Gasteiger partial charge in [0.25, 0.3) is 5.69 Å². The Labute approximate surface area is 324 Å². The van der Waals surface area contributed by atoms with E-state index in [1.165, 1.54) is 24.3 Å². The summed E-state index contributed by atoms with van der Waals surface area (Å²) >= 11 is 0. The molecule has 0 saturated heterocycles. The predicted molar refractivity (Wildman–Crippen MR) is 206 cm³/mol. The van der Waals surface area contributed by atoms with Crippen LogP contribution in [0.5, 0.6) is 5.75 Å². The zero-order chi connectivity index (χ0) is 39.7. The second-order valence-corrected chi connectivity index (χ2v) is 13.1. The third kappa shape index (κ3) is 12.2. The second-order valence-electron chi connectivity index (χ2n) is 13.1. The van der Waals surface area contributed by atoms with Crippen LogP contribution in [0.15, 0.2) is 97.1 Å². The molecule has 1 aliphatic carbocycles. The summed E-state index contributed by atoms with van der Waals surface area (Å²) in [4.78, 5) is 61.5. The van der Waals surface area contributed by atoms with Gasteiger partial charge >= 0.3 is 12.1 Å². The Morgan fingerprint density at radius 2 is 1.48 bits per heavy atom. The number of nitro benzene ring substituents is 1. The molecule has 2 amide bonds. The Bertz CT molecular complexity index is 1900. The van der Waals surface area contributed by atoms with E-state index in [9.17, 15) is 29.3 Å². The number of hydrogen-bond acceptors (Lipinski definition) is 11. The number of fused-ring (bicyclic) bond motifs is 3. The molecule has 0 aliphatic heterocycles. The number of rotatable bonds is 21. The molecule has 0 spiro atoms. The van der Waals surface area contributed by atoms with Crippen molar-refractivity contribution in [2.75, 3.05) is 45.4 Å². The highest BCUT2D eigenvalue weighted by Gasteiger charge is 2.30. The number of amides is 2. The van der Waals surface area contributed by atoms with E-state index < -0.39 is 23.0 Å². The first kappa shape index (κ1) is 41.1. The topological polar surface area (TPSA) is 182 Å². The van der Waals surface area contributed by atoms with E-state index in [1.807, 2.05) is 36.4 Å². The van der Waals surface area contributed by atoms with Crippen LogP contribution in [0.3, 0.4) is 0 Å². The van der Waals surface area contributed by atoms with E-state index in [1.54, 1.807) is 31.4 Å². The predicted octanol–water partition coefficient (Wildman–Crippen LogP) is 6.95. The number of nitrogens with zero attached hydrogens (tertiary/aromatic N) is 1. The Morgan fingerprint density at radius 1 is 0.804 bits per heavy atom. The fraction of sp³-hybridized carbons (Fsp3) is 0.333. The number of methoxy groups -OCH3 is 1. The zero-order valence-electron chi connectivity index (χ0n) is 31.1. The van der Waals surface area contributed by atoms with Gasteiger partial charge in [0.1, 0.15) is 19.0 Å². The lowest BCUT2D eigenvalue weighted by Gasteiger charge is -2.18. The fourth-order valence-electron chi connectivity index (χ4n) is 6.28. The summed E-state index contributed by atoms with van der Waals surface area (Å²) in [5.41, 5.74) is 5.37. The summed E-state index contributed by atoms with van der Waals surface area (Å²) in [5.74, 6) is -1.69. The van der Waals surface area contributed by atoms with Crippen molar-refractivity contribution in [1.29, 1.82) is 0 Å². The van der Waals surface area contributed by atoms with E-state index in [0.717, 1.165) is 22.3 Å². The van der Waals surface area contributed by atoms with Crippen molar-refractivity contribution < 1.29 is 47.8 Å². The molecule has 4 aromatic carbocycles. The second kappa shape index (κ2) is 21.1. The minimum atomic E-state index is -0.987. The number of carbonyl (C=O) groups is 4. The van der Waals surface area contributed by atoms with Crippen LogP contribution in [-0.4, -0.2) is 68.9 Å². The van der Waals surface area contributed by atoms with Gasteiger partial charge in [-0.15, -0.1) is 0 Å². The van der Waals surface area contributed by atoms with E-state index in [-0.39, 0.29) is 55.2 Å². The smallest absolute Gasteiger partial charge is 0.465 e. The third-order valence-corrected chi connectivity index (χ3v) is 9.19. The van der Waals surface area contributed by atoms with E-state index in [4.69, 9.17) is 23.7 Å². The average molecular weight is 768 g/mol. The fourth-order valence-corrected chi connectivity index (χ4v) is 6.28. The number of benzene rings is 4. The number of nitrogens with one attached hydrogen (secondary N) is 2. The molecule has 0 aromatic heterocycles. The SMILES string of the molecule is COCCOCCC(=O)NCCCC[C@H](CC(=O)OCC1c2ccccc2-c2ccccc21)C(=O)Nc1ccc(COC(=O)Oc2ccc([N+](=O)[O-])cc2)cc1. The molecule has 1 atom stereocenters. The molecule has 4 aromatic rings. The number of esters is 1. The minimum Gasteiger partial charge on any atom is -0.465 e. The number of nitro groups is 1. The first-order chi connectivity index (χ1) is 27.2. The van der Waals surface area contributed by atoms with Crippen molar-refractivity contribution >= 4 is 35.3 Å². The Hall–Kier alpha value is -6.12. The standard InChI is InChI=1S/C42H45N3O11/c1-52-24-25-53-23-21-39(46)43-22-7-6-8-30(26-40(47)54-28-38-36-11-4-2-9-34(36)35-10-3-5-12-37(35)38)41(48)44-31-15-13-29(14-16-31)27-55-42(49)56-33-19-17-32(18-20-33)45(50)51/h2-5,9-20,30,38H,6-8,21-28H2,1H3,(H,43,46)(H,44,48)/t30-/m1/s1. The number of anilines is 1. The molecule has 1 aliphatic rings. The van der Waals surface area contributed by atoms with Gasteiger partial charge in [0.05, 0.1) is 31.2 Å². The maximum atomic E-state index is 13.6.